The van der Waals surface area contributed by atoms with E-state index in [4.69, 9.17) is 10.2 Å². The second-order valence-corrected chi connectivity index (χ2v) is 2.98. The molecule has 1 rings (SSSR count). The molecule has 0 atom stereocenters. The largest absolute Gasteiger partial charge is 0.481 e. The zero-order chi connectivity index (χ0) is 11.3. The van der Waals surface area contributed by atoms with Crippen LogP contribution in [0.15, 0.2) is 24.3 Å². The van der Waals surface area contributed by atoms with Crippen molar-refractivity contribution in [3.63, 3.8) is 0 Å². The number of aliphatic carboxylic acids is 1. The summed E-state index contributed by atoms with van der Waals surface area (Å²) in [5.41, 5.74) is 0.482. The first-order valence-electron chi connectivity index (χ1n) is 4.41. The summed E-state index contributed by atoms with van der Waals surface area (Å²) in [6.45, 7) is -0.369. The smallest absolute Gasteiger partial charge is 0.307 e. The molecule has 0 spiro atoms. The molecule has 0 aliphatic rings. The monoisotopic (exact) mass is 210 g/mol. The van der Waals surface area contributed by atoms with Crippen LogP contribution in [0.25, 0.3) is 6.08 Å². The summed E-state index contributed by atoms with van der Waals surface area (Å²) in [4.78, 5) is 10.2. The van der Waals surface area contributed by atoms with Crippen molar-refractivity contribution in [1.82, 2.24) is 0 Å². The Kier molecular flexibility index (Phi) is 4.00. The van der Waals surface area contributed by atoms with Gasteiger partial charge in [0.1, 0.15) is 5.82 Å². The van der Waals surface area contributed by atoms with E-state index in [1.807, 2.05) is 0 Å². The van der Waals surface area contributed by atoms with Crippen LogP contribution < -0.4 is 0 Å². The van der Waals surface area contributed by atoms with Gasteiger partial charge in [0, 0.05) is 11.1 Å². The predicted molar refractivity (Wildman–Crippen MR) is 53.6 cm³/mol. The van der Waals surface area contributed by atoms with Crippen LogP contribution in [-0.2, 0) is 11.4 Å². The second kappa shape index (κ2) is 5.26. The highest BCUT2D eigenvalue weighted by Crippen LogP contribution is 2.14. The third-order valence-electron chi connectivity index (χ3n) is 1.87. The van der Waals surface area contributed by atoms with Gasteiger partial charge in [-0.25, -0.2) is 4.39 Å². The molecule has 4 heteroatoms. The van der Waals surface area contributed by atoms with E-state index in [0.29, 0.717) is 0 Å². The molecular formula is C11H11FO3. The maximum atomic E-state index is 13.4. The molecule has 0 saturated heterocycles. The molecule has 0 aliphatic heterocycles. The number of aliphatic hydroxyl groups excluding tert-OH is 1. The lowest BCUT2D eigenvalue weighted by Crippen LogP contribution is -1.93. The maximum absolute atomic E-state index is 13.4. The Hall–Kier alpha value is -1.68. The van der Waals surface area contributed by atoms with Crippen molar-refractivity contribution in [3.05, 3.63) is 41.2 Å². The molecule has 1 aromatic rings. The van der Waals surface area contributed by atoms with Gasteiger partial charge in [-0.3, -0.25) is 4.79 Å². The van der Waals surface area contributed by atoms with Gasteiger partial charge in [0.15, 0.2) is 0 Å². The van der Waals surface area contributed by atoms with Crippen molar-refractivity contribution in [3.8, 4) is 0 Å². The normalized spacial score (nSPS) is 10.8. The zero-order valence-corrected chi connectivity index (χ0v) is 7.98. The number of rotatable bonds is 4. The fourth-order valence-corrected chi connectivity index (χ4v) is 1.14. The third-order valence-corrected chi connectivity index (χ3v) is 1.87. The standard InChI is InChI=1S/C11H11FO3/c12-11-8(4-2-6-10(14)15)3-1-5-9(11)7-13/h1-5,13H,6-7H2,(H,14,15). The molecular weight excluding hydrogens is 199 g/mol. The lowest BCUT2D eigenvalue weighted by molar-refractivity contribution is -0.135. The van der Waals surface area contributed by atoms with Gasteiger partial charge >= 0.3 is 5.97 Å². The zero-order valence-electron chi connectivity index (χ0n) is 7.98. The van der Waals surface area contributed by atoms with Crippen LogP contribution in [0.1, 0.15) is 17.5 Å². The Morgan fingerprint density at radius 3 is 2.80 bits per heavy atom. The highest BCUT2D eigenvalue weighted by molar-refractivity contribution is 5.70. The Labute approximate surface area is 86.5 Å². The Morgan fingerprint density at radius 1 is 1.47 bits per heavy atom. The van der Waals surface area contributed by atoms with Gasteiger partial charge in [-0.1, -0.05) is 30.4 Å². The highest BCUT2D eigenvalue weighted by Gasteiger charge is 2.03. The molecule has 2 N–H and O–H groups in total. The van der Waals surface area contributed by atoms with Gasteiger partial charge in [-0.15, -0.1) is 0 Å². The molecule has 0 radical (unpaired) electrons. The average Bonchev–Trinajstić information content (AvgIpc) is 2.20. The molecule has 0 bridgehead atoms. The third kappa shape index (κ3) is 3.18. The van der Waals surface area contributed by atoms with Gasteiger partial charge in [-0.2, -0.15) is 0 Å². The first-order valence-corrected chi connectivity index (χ1v) is 4.41. The van der Waals surface area contributed by atoms with Crippen LogP contribution in [0.4, 0.5) is 4.39 Å². The molecule has 0 aromatic heterocycles. The van der Waals surface area contributed by atoms with E-state index >= 15 is 0 Å². The van der Waals surface area contributed by atoms with E-state index in [9.17, 15) is 9.18 Å². The van der Waals surface area contributed by atoms with E-state index in [1.165, 1.54) is 24.3 Å². The maximum Gasteiger partial charge on any atom is 0.307 e. The molecule has 0 aliphatic carbocycles. The SMILES string of the molecule is O=C(O)CC=Cc1cccc(CO)c1F. The Balaban J connectivity index is 2.85. The topological polar surface area (TPSA) is 57.5 Å². The molecule has 0 fully saturated rings. The molecule has 0 amide bonds. The minimum absolute atomic E-state index is 0.150. The number of aliphatic hydroxyl groups is 1. The van der Waals surface area contributed by atoms with Crippen molar-refractivity contribution in [2.24, 2.45) is 0 Å². The summed E-state index contributed by atoms with van der Waals surface area (Å²) in [6.07, 6.45) is 2.60. The van der Waals surface area contributed by atoms with Gasteiger partial charge in [0.05, 0.1) is 13.0 Å². The summed E-state index contributed by atoms with van der Waals surface area (Å²) < 4.78 is 13.4. The fourth-order valence-electron chi connectivity index (χ4n) is 1.14. The van der Waals surface area contributed by atoms with Crippen molar-refractivity contribution < 1.29 is 19.4 Å². The molecule has 80 valence electrons. The van der Waals surface area contributed by atoms with E-state index in [2.05, 4.69) is 0 Å². The van der Waals surface area contributed by atoms with Gasteiger partial charge in [0.2, 0.25) is 0 Å². The van der Waals surface area contributed by atoms with Gasteiger partial charge in [-0.05, 0) is 0 Å². The minimum atomic E-state index is -0.968. The molecule has 0 saturated carbocycles. The van der Waals surface area contributed by atoms with Gasteiger partial charge < -0.3 is 10.2 Å². The van der Waals surface area contributed by atoms with Gasteiger partial charge in [0.25, 0.3) is 0 Å². The summed E-state index contributed by atoms with van der Waals surface area (Å²) >= 11 is 0. The van der Waals surface area contributed by atoms with E-state index in [1.54, 1.807) is 6.07 Å². The number of carboxylic acid groups (broad SMARTS) is 1. The predicted octanol–water partition coefficient (Wildman–Crippen LogP) is 1.81. The number of benzene rings is 1. The van der Waals surface area contributed by atoms with Crippen molar-refractivity contribution in [2.75, 3.05) is 0 Å². The summed E-state index contributed by atoms with van der Waals surface area (Å²) in [7, 11) is 0. The van der Waals surface area contributed by atoms with Crippen LogP contribution >= 0.6 is 0 Å². The number of halogens is 1. The fraction of sp³-hybridized carbons (Fsp3) is 0.182. The molecule has 3 nitrogen and oxygen atoms in total. The molecule has 0 heterocycles. The summed E-state index contributed by atoms with van der Waals surface area (Å²) in [6, 6.07) is 4.60. The number of carboxylic acids is 1. The lowest BCUT2D eigenvalue weighted by atomic mass is 10.1. The van der Waals surface area contributed by atoms with Crippen molar-refractivity contribution in [1.29, 1.82) is 0 Å². The summed E-state index contributed by atoms with van der Waals surface area (Å²) in [5, 5.41) is 17.2. The van der Waals surface area contributed by atoms with Crippen molar-refractivity contribution in [2.45, 2.75) is 13.0 Å². The van der Waals surface area contributed by atoms with E-state index in [0.717, 1.165) is 0 Å². The van der Waals surface area contributed by atoms with Crippen LogP contribution in [0.3, 0.4) is 0 Å². The number of hydrogen-bond donors (Lipinski definition) is 2. The van der Waals surface area contributed by atoms with E-state index < -0.39 is 11.8 Å². The molecule has 0 unspecified atom stereocenters. The molecule has 15 heavy (non-hydrogen) atoms. The average molecular weight is 210 g/mol. The van der Waals surface area contributed by atoms with Crippen LogP contribution in [-0.4, -0.2) is 16.2 Å². The minimum Gasteiger partial charge on any atom is -0.481 e. The number of hydrogen-bond acceptors (Lipinski definition) is 2. The first-order chi connectivity index (χ1) is 7.15. The van der Waals surface area contributed by atoms with Crippen LogP contribution in [0.2, 0.25) is 0 Å². The van der Waals surface area contributed by atoms with Crippen LogP contribution in [0, 0.1) is 5.82 Å². The van der Waals surface area contributed by atoms with E-state index in [-0.39, 0.29) is 24.2 Å². The first kappa shape index (κ1) is 11.4. The lowest BCUT2D eigenvalue weighted by Gasteiger charge is -2.01. The second-order valence-electron chi connectivity index (χ2n) is 2.98. The highest BCUT2D eigenvalue weighted by atomic mass is 19.1. The molecule has 1 aromatic carbocycles. The van der Waals surface area contributed by atoms with Crippen LogP contribution in [0.5, 0.6) is 0 Å². The Bertz CT molecular complexity index is 385. The van der Waals surface area contributed by atoms with Crippen molar-refractivity contribution >= 4 is 12.0 Å². The number of carbonyl (C=O) groups is 1. The summed E-state index contributed by atoms with van der Waals surface area (Å²) in [5.74, 6) is -1.48. The quantitative estimate of drug-likeness (QED) is 0.796. The Morgan fingerprint density at radius 2 is 2.20 bits per heavy atom.